The van der Waals surface area contributed by atoms with E-state index in [1.807, 2.05) is 11.4 Å². The molecule has 0 unspecified atom stereocenters. The maximum absolute atomic E-state index is 11.0. The first-order valence-electron chi connectivity index (χ1n) is 5.16. The summed E-state index contributed by atoms with van der Waals surface area (Å²) in [5.41, 5.74) is 2.44. The van der Waals surface area contributed by atoms with Crippen molar-refractivity contribution in [3.05, 3.63) is 11.4 Å². The molecule has 0 saturated carbocycles. The van der Waals surface area contributed by atoms with Crippen LogP contribution in [0.4, 0.5) is 5.95 Å². The minimum Gasteiger partial charge on any atom is -0.469 e. The smallest absolute Gasteiger partial charge is 0.306 e. The molecule has 0 fully saturated rings. The zero-order chi connectivity index (χ0) is 13.0. The van der Waals surface area contributed by atoms with Gasteiger partial charge in [-0.05, 0) is 11.4 Å². The number of thioether (sulfide) groups is 1. The van der Waals surface area contributed by atoms with Crippen LogP contribution in [0.2, 0.25) is 0 Å². The van der Waals surface area contributed by atoms with Gasteiger partial charge in [-0.3, -0.25) is 10.2 Å². The normalized spacial score (nSPS) is 10.6. The van der Waals surface area contributed by atoms with Crippen LogP contribution < -0.4 is 11.3 Å². The molecule has 0 aliphatic carbocycles. The standard InChI is InChI=1S/C10H12N4O2S2/c1-16-7(15)3-5-18-9-6-2-4-17-8(6)12-10(13-9)14-11/h2,4H,3,5,11H2,1H3,(H,12,13,14). The van der Waals surface area contributed by atoms with Gasteiger partial charge in [0.05, 0.1) is 13.5 Å². The number of hydrogen-bond acceptors (Lipinski definition) is 8. The molecule has 0 atom stereocenters. The average molecular weight is 284 g/mol. The first kappa shape index (κ1) is 13.1. The van der Waals surface area contributed by atoms with E-state index in [2.05, 4.69) is 20.1 Å². The van der Waals surface area contributed by atoms with Gasteiger partial charge in [0.15, 0.2) is 0 Å². The molecule has 3 N–H and O–H groups in total. The molecule has 2 rings (SSSR count). The SMILES string of the molecule is COC(=O)CCSc1nc(NN)nc2sccc12. The molecule has 6 nitrogen and oxygen atoms in total. The zero-order valence-corrected chi connectivity index (χ0v) is 11.3. The van der Waals surface area contributed by atoms with Crippen LogP contribution in [-0.4, -0.2) is 28.8 Å². The molecule has 96 valence electrons. The van der Waals surface area contributed by atoms with Crippen LogP contribution in [0.3, 0.4) is 0 Å². The molecule has 2 heterocycles. The Bertz CT molecular complexity index is 558. The van der Waals surface area contributed by atoms with E-state index in [9.17, 15) is 4.79 Å². The van der Waals surface area contributed by atoms with Crippen molar-refractivity contribution >= 4 is 45.2 Å². The Balaban J connectivity index is 2.15. The molecular weight excluding hydrogens is 272 g/mol. The summed E-state index contributed by atoms with van der Waals surface area (Å²) in [4.78, 5) is 20.4. The van der Waals surface area contributed by atoms with Gasteiger partial charge in [0.2, 0.25) is 5.95 Å². The molecule has 0 bridgehead atoms. The number of aromatic nitrogens is 2. The van der Waals surface area contributed by atoms with Crippen molar-refractivity contribution < 1.29 is 9.53 Å². The number of nitrogens with two attached hydrogens (primary N) is 1. The highest BCUT2D eigenvalue weighted by Crippen LogP contribution is 2.29. The summed E-state index contributed by atoms with van der Waals surface area (Å²) in [6, 6.07) is 1.96. The Hall–Kier alpha value is -1.38. The molecule has 18 heavy (non-hydrogen) atoms. The number of methoxy groups -OCH3 is 1. The largest absolute Gasteiger partial charge is 0.469 e. The molecule has 0 saturated heterocycles. The third-order valence-electron chi connectivity index (χ3n) is 2.19. The van der Waals surface area contributed by atoms with Gasteiger partial charge in [-0.25, -0.2) is 15.8 Å². The monoisotopic (exact) mass is 284 g/mol. The maximum Gasteiger partial charge on any atom is 0.306 e. The van der Waals surface area contributed by atoms with Crippen molar-refractivity contribution in [2.75, 3.05) is 18.3 Å². The topological polar surface area (TPSA) is 90.1 Å². The third-order valence-corrected chi connectivity index (χ3v) is 3.99. The van der Waals surface area contributed by atoms with Gasteiger partial charge in [-0.15, -0.1) is 23.1 Å². The first-order chi connectivity index (χ1) is 8.74. The lowest BCUT2D eigenvalue weighted by Crippen LogP contribution is -2.10. The Kier molecular flexibility index (Phi) is 4.34. The second-order valence-electron chi connectivity index (χ2n) is 3.31. The highest BCUT2D eigenvalue weighted by molar-refractivity contribution is 7.99. The van der Waals surface area contributed by atoms with Crippen molar-refractivity contribution in [2.45, 2.75) is 11.4 Å². The molecule has 0 aliphatic rings. The first-order valence-corrected chi connectivity index (χ1v) is 7.02. The van der Waals surface area contributed by atoms with E-state index in [1.165, 1.54) is 30.2 Å². The average Bonchev–Trinajstić information content (AvgIpc) is 2.86. The van der Waals surface area contributed by atoms with Gasteiger partial charge < -0.3 is 4.74 Å². The summed E-state index contributed by atoms with van der Waals surface area (Å²) in [5, 5.41) is 3.75. The number of carbonyl (C=O) groups is 1. The Morgan fingerprint density at radius 1 is 1.61 bits per heavy atom. The van der Waals surface area contributed by atoms with Gasteiger partial charge in [-0.1, -0.05) is 0 Å². The summed E-state index contributed by atoms with van der Waals surface area (Å²) < 4.78 is 4.59. The fourth-order valence-corrected chi connectivity index (χ4v) is 3.10. The Morgan fingerprint density at radius 3 is 3.17 bits per heavy atom. The number of hydrazine groups is 1. The Morgan fingerprint density at radius 2 is 2.44 bits per heavy atom. The number of nitrogen functional groups attached to an aromatic ring is 1. The Labute approximate surface area is 112 Å². The van der Waals surface area contributed by atoms with E-state index in [0.29, 0.717) is 18.1 Å². The van der Waals surface area contributed by atoms with Crippen LogP contribution in [0.25, 0.3) is 10.2 Å². The molecule has 0 spiro atoms. The van der Waals surface area contributed by atoms with Crippen LogP contribution >= 0.6 is 23.1 Å². The summed E-state index contributed by atoms with van der Waals surface area (Å²) >= 11 is 3.01. The van der Waals surface area contributed by atoms with Crippen molar-refractivity contribution in [3.8, 4) is 0 Å². The number of esters is 1. The summed E-state index contributed by atoms with van der Waals surface area (Å²) in [5.74, 6) is 6.09. The van der Waals surface area contributed by atoms with Gasteiger partial charge >= 0.3 is 5.97 Å². The highest BCUT2D eigenvalue weighted by Gasteiger charge is 2.10. The van der Waals surface area contributed by atoms with Crippen LogP contribution in [0.15, 0.2) is 16.5 Å². The lowest BCUT2D eigenvalue weighted by atomic mass is 10.4. The van der Waals surface area contributed by atoms with Crippen molar-refractivity contribution in [1.82, 2.24) is 9.97 Å². The summed E-state index contributed by atoms with van der Waals surface area (Å²) in [6.45, 7) is 0. The molecule has 8 heteroatoms. The van der Waals surface area contributed by atoms with E-state index in [1.54, 1.807) is 0 Å². The second kappa shape index (κ2) is 5.98. The van der Waals surface area contributed by atoms with Gasteiger partial charge in [0, 0.05) is 11.1 Å². The number of fused-ring (bicyclic) bond motifs is 1. The summed E-state index contributed by atoms with van der Waals surface area (Å²) in [7, 11) is 1.38. The number of nitrogens with zero attached hydrogens (tertiary/aromatic N) is 2. The highest BCUT2D eigenvalue weighted by atomic mass is 32.2. The predicted molar refractivity (Wildman–Crippen MR) is 72.6 cm³/mol. The number of anilines is 1. The number of ether oxygens (including phenoxy) is 1. The van der Waals surface area contributed by atoms with Crippen LogP contribution in [0.1, 0.15) is 6.42 Å². The van der Waals surface area contributed by atoms with E-state index < -0.39 is 0 Å². The van der Waals surface area contributed by atoms with Gasteiger partial charge in [-0.2, -0.15) is 0 Å². The van der Waals surface area contributed by atoms with Gasteiger partial charge in [0.25, 0.3) is 0 Å². The fraction of sp³-hybridized carbons (Fsp3) is 0.300. The number of thiophene rings is 1. The van der Waals surface area contributed by atoms with Crippen molar-refractivity contribution in [2.24, 2.45) is 5.84 Å². The predicted octanol–water partition coefficient (Wildman–Crippen LogP) is 1.63. The van der Waals surface area contributed by atoms with E-state index >= 15 is 0 Å². The third kappa shape index (κ3) is 2.89. The van der Waals surface area contributed by atoms with Crippen LogP contribution in [-0.2, 0) is 9.53 Å². The van der Waals surface area contributed by atoms with Gasteiger partial charge in [0.1, 0.15) is 9.86 Å². The second-order valence-corrected chi connectivity index (χ2v) is 5.29. The van der Waals surface area contributed by atoms with Crippen molar-refractivity contribution in [3.63, 3.8) is 0 Å². The number of hydrogen-bond donors (Lipinski definition) is 2. The van der Waals surface area contributed by atoms with E-state index in [-0.39, 0.29) is 5.97 Å². The lowest BCUT2D eigenvalue weighted by molar-refractivity contribution is -0.140. The van der Waals surface area contributed by atoms with E-state index in [4.69, 9.17) is 5.84 Å². The van der Waals surface area contributed by atoms with Crippen LogP contribution in [0, 0.1) is 0 Å². The van der Waals surface area contributed by atoms with Crippen molar-refractivity contribution in [1.29, 1.82) is 0 Å². The molecule has 2 aromatic heterocycles. The molecule has 0 radical (unpaired) electrons. The minimum atomic E-state index is -0.227. The molecule has 0 aliphatic heterocycles. The lowest BCUT2D eigenvalue weighted by Gasteiger charge is -2.04. The molecular formula is C10H12N4O2S2. The minimum absolute atomic E-state index is 0.227. The molecule has 2 aromatic rings. The van der Waals surface area contributed by atoms with Crippen LogP contribution in [0.5, 0.6) is 0 Å². The number of carbonyl (C=O) groups excluding carboxylic acids is 1. The summed E-state index contributed by atoms with van der Waals surface area (Å²) in [6.07, 6.45) is 0.349. The quantitative estimate of drug-likeness (QED) is 0.283. The van der Waals surface area contributed by atoms with E-state index in [0.717, 1.165) is 15.2 Å². The molecule has 0 aromatic carbocycles. The fourth-order valence-electron chi connectivity index (χ4n) is 1.34. The number of rotatable bonds is 5. The number of nitrogens with one attached hydrogen (secondary N) is 1. The zero-order valence-electron chi connectivity index (χ0n) is 9.67. The molecule has 0 amide bonds. The maximum atomic E-state index is 11.0.